The van der Waals surface area contributed by atoms with E-state index in [2.05, 4.69) is 109 Å². The van der Waals surface area contributed by atoms with E-state index in [0.29, 0.717) is 0 Å². The zero-order chi connectivity index (χ0) is 35.5. The minimum absolute atomic E-state index is 0. The largest absolute Gasteiger partial charge is 0.304 e. The zero-order valence-corrected chi connectivity index (χ0v) is 35.5. The van der Waals surface area contributed by atoms with Gasteiger partial charge in [-0.1, -0.05) is 97.3 Å². The molecule has 2 aromatic heterocycles. The van der Waals surface area contributed by atoms with E-state index in [1.807, 2.05) is 6.20 Å². The molecule has 8 fully saturated rings. The minimum Gasteiger partial charge on any atom is -0.304 e. The van der Waals surface area contributed by atoms with Crippen molar-refractivity contribution in [3.8, 4) is 44.9 Å². The number of halogens is 1. The van der Waals surface area contributed by atoms with E-state index in [9.17, 15) is 0 Å². The fourth-order valence-corrected chi connectivity index (χ4v) is 14.1. The molecule has 2 heterocycles. The predicted molar refractivity (Wildman–Crippen MR) is 217 cm³/mol. The minimum atomic E-state index is 0. The summed E-state index contributed by atoms with van der Waals surface area (Å²) in [6.07, 6.45) is 18.8. The quantitative estimate of drug-likeness (QED) is 0.159. The standard InChI is InChI=1S/C49H49BrN3.Ir/c1-29-11-30(2)13-39(12-29)40-5-3-4-6-41(40)42-9-7-37(20-43(42)50)44-10-8-38(28-51-44)47-52-45(48-22-31-14-32(23-48)16-33(15-31)24-48)21-46(53-47)49-25-34-17-35(26-49)19-36(18-34)27-49;/h3-6,8-13,20-21,28,31-36H,14-19,22-27H2,1-2H3;/q-1;. The Morgan fingerprint density at radius 3 is 1.59 bits per heavy atom. The molecule has 0 amide bonds. The number of aryl methyl sites for hydroxylation is 2. The molecule has 5 aromatic rings. The first-order valence-electron chi connectivity index (χ1n) is 20.5. The predicted octanol–water partition coefficient (Wildman–Crippen LogP) is 12.7. The van der Waals surface area contributed by atoms with Crippen LogP contribution >= 0.6 is 15.9 Å². The average molecular weight is 952 g/mol. The van der Waals surface area contributed by atoms with Gasteiger partial charge in [0.05, 0.1) is 11.4 Å². The second kappa shape index (κ2) is 13.3. The molecule has 277 valence electrons. The summed E-state index contributed by atoms with van der Waals surface area (Å²) in [6.45, 7) is 4.34. The van der Waals surface area contributed by atoms with Crippen LogP contribution in [-0.4, -0.2) is 15.0 Å². The maximum Gasteiger partial charge on any atom is 0.161 e. The first-order valence-corrected chi connectivity index (χ1v) is 21.3. The van der Waals surface area contributed by atoms with Gasteiger partial charge in [0.15, 0.2) is 5.82 Å². The molecule has 8 saturated carbocycles. The zero-order valence-electron chi connectivity index (χ0n) is 31.5. The fourth-order valence-electron chi connectivity index (χ4n) is 13.6. The Morgan fingerprint density at radius 2 is 1.11 bits per heavy atom. The molecule has 3 aromatic carbocycles. The van der Waals surface area contributed by atoms with Crippen LogP contribution < -0.4 is 0 Å². The Balaban J connectivity index is 0.00000361. The van der Waals surface area contributed by atoms with Crippen LogP contribution in [0.5, 0.6) is 0 Å². The third-order valence-corrected chi connectivity index (χ3v) is 15.5. The van der Waals surface area contributed by atoms with Gasteiger partial charge >= 0.3 is 0 Å². The number of nitrogens with zero attached hydrogens (tertiary/aromatic N) is 3. The molecule has 0 N–H and O–H groups in total. The topological polar surface area (TPSA) is 38.7 Å². The number of benzene rings is 3. The van der Waals surface area contributed by atoms with Gasteiger partial charge in [-0.2, -0.15) is 0 Å². The van der Waals surface area contributed by atoms with Crippen molar-refractivity contribution in [3.63, 3.8) is 0 Å². The van der Waals surface area contributed by atoms with Gasteiger partial charge in [0.2, 0.25) is 0 Å². The molecule has 5 heteroatoms. The van der Waals surface area contributed by atoms with Crippen molar-refractivity contribution in [1.82, 2.24) is 15.0 Å². The van der Waals surface area contributed by atoms with Crippen LogP contribution in [0.15, 0.2) is 83.5 Å². The smallest absolute Gasteiger partial charge is 0.161 e. The molecule has 1 radical (unpaired) electrons. The third kappa shape index (κ3) is 6.02. The van der Waals surface area contributed by atoms with E-state index in [-0.39, 0.29) is 30.9 Å². The second-order valence-electron chi connectivity index (χ2n) is 18.8. The van der Waals surface area contributed by atoms with Gasteiger partial charge in [0, 0.05) is 42.7 Å². The van der Waals surface area contributed by atoms with Crippen LogP contribution in [-0.2, 0) is 30.9 Å². The Hall–Kier alpha value is -2.98. The molecule has 8 aliphatic rings. The Kier molecular flexibility index (Phi) is 8.74. The molecule has 8 aliphatic carbocycles. The Morgan fingerprint density at radius 1 is 0.593 bits per heavy atom. The Labute approximate surface area is 343 Å². The summed E-state index contributed by atoms with van der Waals surface area (Å²) in [6, 6.07) is 30.3. The van der Waals surface area contributed by atoms with Crippen molar-refractivity contribution < 1.29 is 20.1 Å². The summed E-state index contributed by atoms with van der Waals surface area (Å²) < 4.78 is 1.04. The van der Waals surface area contributed by atoms with Gasteiger partial charge in [0.1, 0.15) is 0 Å². The molecular weight excluding hydrogens is 903 g/mol. The van der Waals surface area contributed by atoms with Gasteiger partial charge < -0.3 is 4.98 Å². The van der Waals surface area contributed by atoms with Gasteiger partial charge in [0.25, 0.3) is 0 Å². The van der Waals surface area contributed by atoms with Crippen molar-refractivity contribution in [2.45, 2.75) is 102 Å². The van der Waals surface area contributed by atoms with Crippen molar-refractivity contribution in [2.24, 2.45) is 35.5 Å². The van der Waals surface area contributed by atoms with E-state index >= 15 is 0 Å². The summed E-state index contributed by atoms with van der Waals surface area (Å²) in [5.41, 5.74) is 13.6. The van der Waals surface area contributed by atoms with Crippen molar-refractivity contribution in [3.05, 3.63) is 112 Å². The molecule has 3 nitrogen and oxygen atoms in total. The molecule has 0 saturated heterocycles. The summed E-state index contributed by atoms with van der Waals surface area (Å²) in [5.74, 6) is 6.27. The van der Waals surface area contributed by atoms with Crippen LogP contribution in [0.2, 0.25) is 0 Å². The maximum atomic E-state index is 5.56. The molecule has 0 atom stereocenters. The Bertz CT molecular complexity index is 2110. The average Bonchev–Trinajstić information content (AvgIpc) is 3.13. The SMILES string of the molecule is Cc1cc(C)cc(-c2ccccc2-c2c[c-]c(-c3ccc(-c4nc(C56CC7CC(CC(C7)C5)C6)cc(C56CC7CC(CC(C7)C5)C6)n4)cn3)cc2Br)c1.[Ir]. The van der Waals surface area contributed by atoms with E-state index < -0.39 is 0 Å². The molecular formula is C49H49BrIrN3-. The molecule has 0 aliphatic heterocycles. The van der Waals surface area contributed by atoms with E-state index in [4.69, 9.17) is 15.0 Å². The van der Waals surface area contributed by atoms with Crippen molar-refractivity contribution in [2.75, 3.05) is 0 Å². The van der Waals surface area contributed by atoms with E-state index in [1.54, 1.807) is 0 Å². The maximum absolute atomic E-state index is 5.56. The van der Waals surface area contributed by atoms with E-state index in [1.165, 1.54) is 116 Å². The summed E-state index contributed by atoms with van der Waals surface area (Å²) in [4.78, 5) is 16.2. The van der Waals surface area contributed by atoms with Gasteiger partial charge in [-0.3, -0.25) is 0 Å². The van der Waals surface area contributed by atoms with Crippen LogP contribution in [0.25, 0.3) is 44.9 Å². The first kappa shape index (κ1) is 35.4. The summed E-state index contributed by atoms with van der Waals surface area (Å²) in [7, 11) is 0. The van der Waals surface area contributed by atoms with Gasteiger partial charge in [-0.05, 0) is 149 Å². The van der Waals surface area contributed by atoms with Crippen molar-refractivity contribution in [1.29, 1.82) is 0 Å². The summed E-state index contributed by atoms with van der Waals surface area (Å²) >= 11 is 3.95. The van der Waals surface area contributed by atoms with Crippen LogP contribution in [0, 0.1) is 55.4 Å². The molecule has 0 unspecified atom stereocenters. The molecule has 0 spiro atoms. The first-order chi connectivity index (χ1) is 25.8. The number of rotatable bonds is 6. The number of hydrogen-bond acceptors (Lipinski definition) is 3. The number of pyridine rings is 1. The summed E-state index contributed by atoms with van der Waals surface area (Å²) in [5, 5.41) is 0. The molecule has 13 rings (SSSR count). The second-order valence-corrected chi connectivity index (χ2v) is 19.7. The monoisotopic (exact) mass is 951 g/mol. The van der Waals surface area contributed by atoms with Gasteiger partial charge in [-0.25, -0.2) is 9.97 Å². The van der Waals surface area contributed by atoms with Gasteiger partial charge in [-0.15, -0.1) is 23.8 Å². The van der Waals surface area contributed by atoms with Crippen molar-refractivity contribution >= 4 is 15.9 Å². The van der Waals surface area contributed by atoms with Crippen LogP contribution in [0.3, 0.4) is 0 Å². The number of aromatic nitrogens is 3. The number of hydrogen-bond donors (Lipinski definition) is 0. The van der Waals surface area contributed by atoms with Crippen LogP contribution in [0.4, 0.5) is 0 Å². The van der Waals surface area contributed by atoms with Crippen LogP contribution in [0.1, 0.15) is 99.6 Å². The third-order valence-electron chi connectivity index (χ3n) is 14.8. The van der Waals surface area contributed by atoms with E-state index in [0.717, 1.165) is 68.2 Å². The normalized spacial score (nSPS) is 31.5. The molecule has 8 bridgehead atoms. The molecule has 54 heavy (non-hydrogen) atoms. The fraction of sp³-hybridized carbons (Fsp3) is 0.449.